The van der Waals surface area contributed by atoms with Crippen molar-refractivity contribution >= 4 is 17.5 Å². The number of imidazole rings is 1. The maximum atomic E-state index is 14.7. The standard InChI is InChI=1S/C24H18F2N4OS/c1-13-23(31-14(2)28-13)15-4-7-20(25)19(8-15)22-12-30-11-16(10-27-24(30)29-22)18-6-5-17(32-3)9-21(18)26/h4-12H,1-3H3. The van der Waals surface area contributed by atoms with Crippen molar-refractivity contribution in [3.05, 3.63) is 78.2 Å². The first-order valence-corrected chi connectivity index (χ1v) is 11.1. The first-order valence-electron chi connectivity index (χ1n) is 9.86. The van der Waals surface area contributed by atoms with Crippen molar-refractivity contribution in [2.24, 2.45) is 0 Å². The molecule has 0 aliphatic heterocycles. The van der Waals surface area contributed by atoms with Crippen molar-refractivity contribution in [3.8, 4) is 33.7 Å². The third-order valence-corrected chi connectivity index (χ3v) is 5.93. The van der Waals surface area contributed by atoms with Crippen LogP contribution in [-0.2, 0) is 0 Å². The van der Waals surface area contributed by atoms with E-state index in [1.165, 1.54) is 23.9 Å². The minimum Gasteiger partial charge on any atom is -0.441 e. The van der Waals surface area contributed by atoms with Gasteiger partial charge in [-0.25, -0.2) is 23.7 Å². The van der Waals surface area contributed by atoms with Crippen molar-refractivity contribution < 1.29 is 13.2 Å². The van der Waals surface area contributed by atoms with E-state index in [1.54, 1.807) is 48.1 Å². The highest BCUT2D eigenvalue weighted by Gasteiger charge is 2.16. The van der Waals surface area contributed by atoms with Gasteiger partial charge in [0.1, 0.15) is 11.6 Å². The lowest BCUT2D eigenvalue weighted by atomic mass is 10.1. The number of thioether (sulfide) groups is 1. The van der Waals surface area contributed by atoms with Gasteiger partial charge in [0.15, 0.2) is 11.7 Å². The Kier molecular flexibility index (Phi) is 5.01. The Bertz CT molecular complexity index is 1470. The first kappa shape index (κ1) is 20.4. The average molecular weight is 448 g/mol. The van der Waals surface area contributed by atoms with Crippen molar-refractivity contribution in [3.63, 3.8) is 0 Å². The predicted octanol–water partition coefficient (Wildman–Crippen LogP) is 6.34. The summed E-state index contributed by atoms with van der Waals surface area (Å²) in [5.41, 5.74) is 3.22. The van der Waals surface area contributed by atoms with Gasteiger partial charge in [0.2, 0.25) is 5.78 Å². The summed E-state index contributed by atoms with van der Waals surface area (Å²) in [5, 5.41) is 0. The van der Waals surface area contributed by atoms with E-state index in [1.807, 2.05) is 19.2 Å². The maximum Gasteiger partial charge on any atom is 0.234 e. The molecule has 0 N–H and O–H groups in total. The van der Waals surface area contributed by atoms with Crippen LogP contribution in [-0.4, -0.2) is 25.6 Å². The number of hydrogen-bond acceptors (Lipinski definition) is 5. The van der Waals surface area contributed by atoms with Gasteiger partial charge in [0, 0.05) is 52.7 Å². The molecule has 0 radical (unpaired) electrons. The van der Waals surface area contributed by atoms with Crippen LogP contribution in [0.1, 0.15) is 11.6 Å². The summed E-state index contributed by atoms with van der Waals surface area (Å²) in [5.74, 6) is 0.795. The van der Waals surface area contributed by atoms with Gasteiger partial charge in [-0.05, 0) is 43.5 Å². The molecule has 8 heteroatoms. The Hall–Kier alpha value is -3.52. The smallest absolute Gasteiger partial charge is 0.234 e. The Morgan fingerprint density at radius 3 is 2.47 bits per heavy atom. The molecule has 0 spiro atoms. The Morgan fingerprint density at radius 2 is 1.75 bits per heavy atom. The van der Waals surface area contributed by atoms with Crippen LogP contribution in [0.4, 0.5) is 8.78 Å². The predicted molar refractivity (Wildman–Crippen MR) is 121 cm³/mol. The molecule has 5 nitrogen and oxygen atoms in total. The SMILES string of the molecule is CSc1ccc(-c2cnc3nc(-c4cc(-c5oc(C)nc5C)ccc4F)cn3c2)c(F)c1. The third-order valence-electron chi connectivity index (χ3n) is 5.21. The van der Waals surface area contributed by atoms with E-state index >= 15 is 0 Å². The third kappa shape index (κ3) is 3.56. The molecule has 3 aromatic heterocycles. The summed E-state index contributed by atoms with van der Waals surface area (Å²) in [7, 11) is 0. The number of hydrogen-bond donors (Lipinski definition) is 0. The summed E-state index contributed by atoms with van der Waals surface area (Å²) >= 11 is 1.48. The monoisotopic (exact) mass is 448 g/mol. The van der Waals surface area contributed by atoms with Gasteiger partial charge in [-0.2, -0.15) is 0 Å². The number of halogens is 2. The van der Waals surface area contributed by atoms with Crippen molar-refractivity contribution in [1.29, 1.82) is 0 Å². The summed E-state index contributed by atoms with van der Waals surface area (Å²) in [6, 6.07) is 9.81. The van der Waals surface area contributed by atoms with Crippen molar-refractivity contribution in [2.45, 2.75) is 18.7 Å². The lowest BCUT2D eigenvalue weighted by molar-refractivity contribution is 0.534. The average Bonchev–Trinajstić information content (AvgIpc) is 3.35. The summed E-state index contributed by atoms with van der Waals surface area (Å²) in [6.45, 7) is 3.61. The molecule has 0 unspecified atom stereocenters. The quantitative estimate of drug-likeness (QED) is 0.301. The molecule has 3 heterocycles. The molecule has 0 aliphatic carbocycles. The van der Waals surface area contributed by atoms with Gasteiger partial charge in [-0.15, -0.1) is 11.8 Å². The Labute approximate surface area is 187 Å². The number of oxazole rings is 1. The molecule has 160 valence electrons. The number of aromatic nitrogens is 4. The van der Waals surface area contributed by atoms with Gasteiger partial charge < -0.3 is 4.42 Å². The first-order chi connectivity index (χ1) is 15.4. The topological polar surface area (TPSA) is 56.2 Å². The summed E-state index contributed by atoms with van der Waals surface area (Å²) in [4.78, 5) is 13.9. The molecular formula is C24H18F2N4OS. The maximum absolute atomic E-state index is 14.7. The van der Waals surface area contributed by atoms with Crippen molar-refractivity contribution in [1.82, 2.24) is 19.4 Å². The van der Waals surface area contributed by atoms with Gasteiger partial charge in [0.25, 0.3) is 0 Å². The van der Waals surface area contributed by atoms with E-state index in [2.05, 4.69) is 15.0 Å². The lowest BCUT2D eigenvalue weighted by Crippen LogP contribution is -1.91. The highest BCUT2D eigenvalue weighted by atomic mass is 32.2. The van der Waals surface area contributed by atoms with Crippen LogP contribution in [0.15, 0.2) is 64.3 Å². The van der Waals surface area contributed by atoms with E-state index in [9.17, 15) is 8.78 Å². The number of benzene rings is 2. The molecule has 2 aromatic carbocycles. The zero-order chi connectivity index (χ0) is 22.4. The van der Waals surface area contributed by atoms with Crippen LogP contribution >= 0.6 is 11.8 Å². The zero-order valence-corrected chi connectivity index (χ0v) is 18.4. The van der Waals surface area contributed by atoms with Gasteiger partial charge in [0.05, 0.1) is 11.4 Å². The largest absolute Gasteiger partial charge is 0.441 e. The van der Waals surface area contributed by atoms with Crippen LogP contribution < -0.4 is 0 Å². The van der Waals surface area contributed by atoms with E-state index < -0.39 is 5.82 Å². The van der Waals surface area contributed by atoms with Crippen LogP contribution in [0.5, 0.6) is 0 Å². The zero-order valence-electron chi connectivity index (χ0n) is 17.6. The molecule has 5 aromatic rings. The second-order valence-electron chi connectivity index (χ2n) is 7.36. The number of aryl methyl sites for hydroxylation is 2. The van der Waals surface area contributed by atoms with Crippen LogP contribution in [0.25, 0.3) is 39.5 Å². The molecule has 0 atom stereocenters. The van der Waals surface area contributed by atoms with E-state index in [0.717, 1.165) is 10.6 Å². The fourth-order valence-corrected chi connectivity index (χ4v) is 4.10. The molecule has 0 bridgehead atoms. The molecule has 5 rings (SSSR count). The van der Waals surface area contributed by atoms with Gasteiger partial charge in [-0.3, -0.25) is 4.40 Å². The number of nitrogens with zero attached hydrogens (tertiary/aromatic N) is 4. The second-order valence-corrected chi connectivity index (χ2v) is 8.24. The van der Waals surface area contributed by atoms with E-state index in [0.29, 0.717) is 45.4 Å². The second kappa shape index (κ2) is 7.87. The highest BCUT2D eigenvalue weighted by molar-refractivity contribution is 7.98. The van der Waals surface area contributed by atoms with E-state index in [-0.39, 0.29) is 5.82 Å². The molecule has 0 saturated heterocycles. The number of fused-ring (bicyclic) bond motifs is 1. The summed E-state index contributed by atoms with van der Waals surface area (Å²) in [6.07, 6.45) is 6.88. The highest BCUT2D eigenvalue weighted by Crippen LogP contribution is 2.31. The van der Waals surface area contributed by atoms with Crippen LogP contribution in [0.2, 0.25) is 0 Å². The fourth-order valence-electron chi connectivity index (χ4n) is 3.67. The minimum absolute atomic E-state index is 0.318. The molecule has 32 heavy (non-hydrogen) atoms. The lowest BCUT2D eigenvalue weighted by Gasteiger charge is -2.05. The Morgan fingerprint density at radius 1 is 0.906 bits per heavy atom. The summed E-state index contributed by atoms with van der Waals surface area (Å²) < 4.78 is 36.6. The number of rotatable bonds is 4. The normalized spacial score (nSPS) is 11.4. The van der Waals surface area contributed by atoms with Gasteiger partial charge >= 0.3 is 0 Å². The van der Waals surface area contributed by atoms with Gasteiger partial charge in [-0.1, -0.05) is 6.07 Å². The molecule has 0 aliphatic rings. The molecule has 0 amide bonds. The van der Waals surface area contributed by atoms with E-state index in [4.69, 9.17) is 4.42 Å². The fraction of sp³-hybridized carbons (Fsp3) is 0.125. The van der Waals surface area contributed by atoms with Crippen LogP contribution in [0, 0.1) is 25.5 Å². The van der Waals surface area contributed by atoms with Crippen molar-refractivity contribution in [2.75, 3.05) is 6.26 Å². The molecule has 0 fully saturated rings. The molecule has 0 saturated carbocycles. The van der Waals surface area contributed by atoms with Crippen LogP contribution in [0.3, 0.4) is 0 Å². The minimum atomic E-state index is -0.412. The Balaban J connectivity index is 1.57. The molecular weight excluding hydrogens is 430 g/mol.